The van der Waals surface area contributed by atoms with Crippen molar-refractivity contribution in [1.82, 2.24) is 0 Å². The summed E-state index contributed by atoms with van der Waals surface area (Å²) in [6.45, 7) is 4.72. The number of esters is 2. The summed E-state index contributed by atoms with van der Waals surface area (Å²) in [6.07, 6.45) is 44.1. The maximum Gasteiger partial charge on any atom is 0.306 e. The van der Waals surface area contributed by atoms with Crippen LogP contribution < -0.4 is 5.11 Å². The molecule has 344 valence electrons. The van der Waals surface area contributed by atoms with E-state index in [4.69, 9.17) is 14.2 Å². The quantitative estimate of drug-likeness (QED) is 0.0342. The lowest BCUT2D eigenvalue weighted by Crippen LogP contribution is -2.55. The number of nitrogens with zero attached hydrogens (tertiary/aromatic N) is 1. The Bertz CT molecular complexity index is 920. The molecular weight excluding hydrogens is 727 g/mol. The summed E-state index contributed by atoms with van der Waals surface area (Å²) in [4.78, 5) is 37.0. The third-order valence-corrected chi connectivity index (χ3v) is 11.7. The van der Waals surface area contributed by atoms with Crippen LogP contribution in [-0.4, -0.2) is 75.5 Å². The number of rotatable bonds is 46. The van der Waals surface area contributed by atoms with E-state index in [1.165, 1.54) is 180 Å². The van der Waals surface area contributed by atoms with E-state index in [1.807, 2.05) is 21.1 Å². The zero-order valence-corrected chi connectivity index (χ0v) is 39.2. The Labute approximate surface area is 359 Å². The normalized spacial score (nSPS) is 12.8. The minimum atomic E-state index is -1.12. The molecule has 0 fully saturated rings. The molecular formula is C50H97NO7. The molecule has 0 aliphatic heterocycles. The number of carbonyl (C=O) groups excluding carboxylic acids is 3. The zero-order chi connectivity index (χ0) is 42.8. The Kier molecular flexibility index (Phi) is 40.8. The standard InChI is InChI=1S/C50H97NO7/c1-6-8-10-12-14-16-18-20-22-23-24-25-26-27-29-31-33-35-37-39-41-49(53)58-46(44-56-43-42-47(50(54)55)51(3,4)5)45-57-48(52)40-38-36-34-32-30-28-21-19-17-15-13-11-9-7-2/h46-47H,6-45H2,1-5H3. The van der Waals surface area contributed by atoms with Gasteiger partial charge in [0.1, 0.15) is 12.6 Å². The van der Waals surface area contributed by atoms with Crippen LogP contribution in [0.4, 0.5) is 0 Å². The fourth-order valence-corrected chi connectivity index (χ4v) is 7.84. The average molecular weight is 824 g/mol. The number of carboxylic acids is 1. The van der Waals surface area contributed by atoms with Crippen molar-refractivity contribution in [1.29, 1.82) is 0 Å². The van der Waals surface area contributed by atoms with Crippen LogP contribution in [-0.2, 0) is 28.6 Å². The van der Waals surface area contributed by atoms with Gasteiger partial charge in [-0.05, 0) is 12.8 Å². The van der Waals surface area contributed by atoms with E-state index in [1.54, 1.807) is 0 Å². The minimum Gasteiger partial charge on any atom is -0.544 e. The SMILES string of the molecule is CCCCCCCCCCCCCCCCCCCCCCC(=O)OC(COCCC(C(=O)[O-])[N+](C)(C)C)COC(=O)CCCCCCCCCCCCCCCC. The highest BCUT2D eigenvalue weighted by Crippen LogP contribution is 2.17. The van der Waals surface area contributed by atoms with Crippen molar-refractivity contribution in [3.8, 4) is 0 Å². The molecule has 2 unspecified atom stereocenters. The van der Waals surface area contributed by atoms with Gasteiger partial charge in [-0.25, -0.2) is 0 Å². The van der Waals surface area contributed by atoms with Gasteiger partial charge in [0, 0.05) is 19.3 Å². The average Bonchev–Trinajstić information content (AvgIpc) is 3.18. The predicted molar refractivity (Wildman–Crippen MR) is 241 cm³/mol. The highest BCUT2D eigenvalue weighted by molar-refractivity contribution is 5.70. The lowest BCUT2D eigenvalue weighted by atomic mass is 10.0. The molecule has 8 nitrogen and oxygen atoms in total. The molecule has 0 heterocycles. The van der Waals surface area contributed by atoms with Crippen LogP contribution in [0.1, 0.15) is 251 Å². The molecule has 58 heavy (non-hydrogen) atoms. The van der Waals surface area contributed by atoms with Gasteiger partial charge in [-0.1, -0.05) is 219 Å². The van der Waals surface area contributed by atoms with Crippen LogP contribution in [0.15, 0.2) is 0 Å². The lowest BCUT2D eigenvalue weighted by molar-refractivity contribution is -0.889. The minimum absolute atomic E-state index is 0.0496. The fraction of sp³-hybridized carbons (Fsp3) is 0.940. The van der Waals surface area contributed by atoms with Crippen molar-refractivity contribution in [3.63, 3.8) is 0 Å². The first-order chi connectivity index (χ1) is 28.1. The van der Waals surface area contributed by atoms with E-state index in [0.717, 1.165) is 38.5 Å². The van der Waals surface area contributed by atoms with Crippen LogP contribution in [0, 0.1) is 0 Å². The van der Waals surface area contributed by atoms with E-state index in [0.29, 0.717) is 12.8 Å². The van der Waals surface area contributed by atoms with Gasteiger partial charge in [-0.2, -0.15) is 0 Å². The van der Waals surface area contributed by atoms with E-state index in [-0.39, 0.29) is 42.7 Å². The number of aliphatic carboxylic acids is 1. The van der Waals surface area contributed by atoms with Crippen LogP contribution >= 0.6 is 0 Å². The molecule has 0 aliphatic carbocycles. The van der Waals surface area contributed by atoms with Gasteiger partial charge < -0.3 is 28.6 Å². The second kappa shape index (κ2) is 42.0. The van der Waals surface area contributed by atoms with E-state index < -0.39 is 18.1 Å². The fourth-order valence-electron chi connectivity index (χ4n) is 7.84. The van der Waals surface area contributed by atoms with Crippen molar-refractivity contribution in [2.24, 2.45) is 0 Å². The van der Waals surface area contributed by atoms with Gasteiger partial charge >= 0.3 is 11.9 Å². The molecule has 0 aromatic rings. The number of unbranched alkanes of at least 4 members (excludes halogenated alkanes) is 32. The van der Waals surface area contributed by atoms with Gasteiger partial charge in [0.05, 0.1) is 40.3 Å². The summed E-state index contributed by atoms with van der Waals surface area (Å²) in [5.74, 6) is -1.71. The van der Waals surface area contributed by atoms with Crippen LogP contribution in [0.5, 0.6) is 0 Å². The largest absolute Gasteiger partial charge is 0.544 e. The monoisotopic (exact) mass is 824 g/mol. The molecule has 0 radical (unpaired) electrons. The first kappa shape index (κ1) is 56.3. The Balaban J connectivity index is 4.19. The molecule has 0 amide bonds. The van der Waals surface area contributed by atoms with Crippen molar-refractivity contribution in [2.45, 2.75) is 264 Å². The summed E-state index contributed by atoms with van der Waals surface area (Å²) in [7, 11) is 5.43. The third-order valence-electron chi connectivity index (χ3n) is 11.7. The van der Waals surface area contributed by atoms with E-state index in [9.17, 15) is 19.5 Å². The van der Waals surface area contributed by atoms with Crippen molar-refractivity contribution >= 4 is 17.9 Å². The molecule has 0 rings (SSSR count). The second-order valence-electron chi connectivity index (χ2n) is 18.4. The highest BCUT2D eigenvalue weighted by atomic mass is 16.6. The van der Waals surface area contributed by atoms with Crippen molar-refractivity contribution in [2.75, 3.05) is 41.0 Å². The van der Waals surface area contributed by atoms with Crippen LogP contribution in [0.3, 0.4) is 0 Å². The summed E-state index contributed by atoms with van der Waals surface area (Å²) < 4.78 is 17.2. The number of ether oxygens (including phenoxy) is 3. The maximum atomic E-state index is 12.8. The Morgan fingerprint density at radius 2 is 0.759 bits per heavy atom. The van der Waals surface area contributed by atoms with Gasteiger partial charge in [0.2, 0.25) is 0 Å². The second-order valence-corrected chi connectivity index (χ2v) is 18.4. The van der Waals surface area contributed by atoms with Gasteiger partial charge in [-0.3, -0.25) is 9.59 Å². The molecule has 0 spiro atoms. The van der Waals surface area contributed by atoms with E-state index >= 15 is 0 Å². The first-order valence-corrected chi connectivity index (χ1v) is 25.1. The molecule has 0 saturated heterocycles. The Hall–Kier alpha value is -1.67. The smallest absolute Gasteiger partial charge is 0.306 e. The first-order valence-electron chi connectivity index (χ1n) is 25.1. The molecule has 2 atom stereocenters. The van der Waals surface area contributed by atoms with Gasteiger partial charge in [-0.15, -0.1) is 0 Å². The summed E-state index contributed by atoms with van der Waals surface area (Å²) in [5.41, 5.74) is 0. The number of carboxylic acid groups (broad SMARTS) is 1. The number of likely N-dealkylation sites (N-methyl/N-ethyl adjacent to an activating group) is 1. The Morgan fingerprint density at radius 1 is 0.448 bits per heavy atom. The number of quaternary nitrogens is 1. The topological polar surface area (TPSA) is 102 Å². The number of hydrogen-bond donors (Lipinski definition) is 0. The molecule has 8 heteroatoms. The summed E-state index contributed by atoms with van der Waals surface area (Å²) >= 11 is 0. The molecule has 0 aliphatic rings. The van der Waals surface area contributed by atoms with Crippen molar-refractivity contribution < 1.29 is 38.2 Å². The summed E-state index contributed by atoms with van der Waals surface area (Å²) in [5, 5.41) is 11.6. The maximum absolute atomic E-state index is 12.8. The predicted octanol–water partition coefficient (Wildman–Crippen LogP) is 12.8. The third kappa shape index (κ3) is 39.8. The molecule has 0 saturated carbocycles. The Morgan fingerprint density at radius 3 is 1.07 bits per heavy atom. The van der Waals surface area contributed by atoms with Gasteiger partial charge in [0.15, 0.2) is 6.10 Å². The lowest BCUT2D eigenvalue weighted by Gasteiger charge is -2.34. The highest BCUT2D eigenvalue weighted by Gasteiger charge is 2.25. The zero-order valence-electron chi connectivity index (χ0n) is 39.2. The molecule has 0 aromatic heterocycles. The van der Waals surface area contributed by atoms with Crippen molar-refractivity contribution in [3.05, 3.63) is 0 Å². The van der Waals surface area contributed by atoms with E-state index in [2.05, 4.69) is 13.8 Å². The molecule has 0 aromatic carbocycles. The van der Waals surface area contributed by atoms with Gasteiger partial charge in [0.25, 0.3) is 0 Å². The van der Waals surface area contributed by atoms with Crippen LogP contribution in [0.25, 0.3) is 0 Å². The number of hydrogen-bond acceptors (Lipinski definition) is 7. The molecule has 0 bridgehead atoms. The summed E-state index contributed by atoms with van der Waals surface area (Å²) in [6, 6.07) is -0.719. The van der Waals surface area contributed by atoms with Crippen LogP contribution in [0.2, 0.25) is 0 Å². The number of carbonyl (C=O) groups is 3. The molecule has 0 N–H and O–H groups in total.